The number of aromatic hydroxyl groups is 1. The number of unbranched alkanes of at least 4 members (excludes halogenated alkanes) is 1. The number of benzene rings is 4. The molecule has 428 valence electrons. The number of amides is 8. The number of aliphatic hydroxyl groups is 1. The molecule has 0 bridgehead atoms. The molecular formula is C59H77N11O10. The molecule has 8 amide bonds. The van der Waals surface area contributed by atoms with Gasteiger partial charge in [0.15, 0.2) is 0 Å². The number of carbonyl (C=O) groups excluding carboxylic acids is 8. The van der Waals surface area contributed by atoms with Crippen LogP contribution in [0.15, 0.2) is 115 Å². The van der Waals surface area contributed by atoms with Crippen molar-refractivity contribution < 1.29 is 48.6 Å². The second-order valence-corrected chi connectivity index (χ2v) is 20.6. The van der Waals surface area contributed by atoms with Crippen LogP contribution in [0.3, 0.4) is 0 Å². The van der Waals surface area contributed by atoms with Gasteiger partial charge in [0.25, 0.3) is 0 Å². The number of nitrogens with one attached hydrogen (secondary N) is 8. The molecule has 0 radical (unpaired) electrons. The molecule has 14 N–H and O–H groups in total. The second kappa shape index (κ2) is 30.3. The van der Waals surface area contributed by atoms with Crippen molar-refractivity contribution in [2.24, 2.45) is 17.4 Å². The van der Waals surface area contributed by atoms with E-state index in [1.165, 1.54) is 24.0 Å². The first-order valence-corrected chi connectivity index (χ1v) is 27.3. The first kappa shape index (κ1) is 61.1. The Hall–Kier alpha value is -8.14. The summed E-state index contributed by atoms with van der Waals surface area (Å²) in [5.41, 5.74) is 15.0. The van der Waals surface area contributed by atoms with Crippen LogP contribution < -0.4 is 48.7 Å². The maximum absolute atomic E-state index is 15.3. The van der Waals surface area contributed by atoms with Crippen molar-refractivity contribution in [3.63, 3.8) is 0 Å². The lowest BCUT2D eigenvalue weighted by Gasteiger charge is -2.36. The van der Waals surface area contributed by atoms with Crippen LogP contribution in [0.1, 0.15) is 75.1 Å². The van der Waals surface area contributed by atoms with Gasteiger partial charge in [0.2, 0.25) is 47.3 Å². The van der Waals surface area contributed by atoms with Gasteiger partial charge in [-0.05, 0) is 91.9 Å². The third-order valence-electron chi connectivity index (χ3n) is 14.1. The van der Waals surface area contributed by atoms with Crippen LogP contribution >= 0.6 is 0 Å². The molecule has 21 heteroatoms. The SMILES string of the molecule is CC(C)[C@@H]1NC(=O)[C@H](CCCCN)NC(=O)[C@@H](Cc2c[nH]c3ccccc23)NC(=O)[C@H](Cc2ccc(O)cc2)NC(=O)[C@H](Cc2ccccc2)NCCNC(=O)CCCN([C@@H](Cc2ccccc2)C(=O)N[C@H](C(N)=O)[C@@H](C)O)C1=O. The fourth-order valence-electron chi connectivity index (χ4n) is 9.67. The average Bonchev–Trinajstić information content (AvgIpc) is 3.86. The molecule has 4 aromatic carbocycles. The van der Waals surface area contributed by atoms with Gasteiger partial charge in [-0.15, -0.1) is 0 Å². The van der Waals surface area contributed by atoms with E-state index in [2.05, 4.69) is 42.2 Å². The number of fused-ring (bicyclic) bond motifs is 1. The summed E-state index contributed by atoms with van der Waals surface area (Å²) in [5.74, 6) is -6.39. The van der Waals surface area contributed by atoms with Gasteiger partial charge >= 0.3 is 0 Å². The number of hydrogen-bond acceptors (Lipinski definition) is 12. The van der Waals surface area contributed by atoms with Crippen molar-refractivity contribution in [1.29, 1.82) is 0 Å². The highest BCUT2D eigenvalue weighted by molar-refractivity contribution is 5.98. The first-order valence-electron chi connectivity index (χ1n) is 27.3. The minimum atomic E-state index is -1.53. The molecule has 8 atom stereocenters. The summed E-state index contributed by atoms with van der Waals surface area (Å²) in [6.07, 6.45) is 1.08. The van der Waals surface area contributed by atoms with Gasteiger partial charge in [0.05, 0.1) is 12.1 Å². The van der Waals surface area contributed by atoms with E-state index in [1.54, 1.807) is 62.5 Å². The number of hydrogen-bond donors (Lipinski definition) is 12. The molecule has 0 aliphatic carbocycles. The monoisotopic (exact) mass is 1100 g/mol. The predicted molar refractivity (Wildman–Crippen MR) is 302 cm³/mol. The maximum atomic E-state index is 15.3. The number of phenols is 1. The van der Waals surface area contributed by atoms with E-state index in [1.807, 2.05) is 54.6 Å². The number of aromatic amines is 1. The fourth-order valence-corrected chi connectivity index (χ4v) is 9.67. The van der Waals surface area contributed by atoms with Crippen LogP contribution in [0.25, 0.3) is 10.9 Å². The van der Waals surface area contributed by atoms with Crippen LogP contribution in [0.4, 0.5) is 0 Å². The Balaban J connectivity index is 1.43. The number of para-hydroxylation sites is 1. The third-order valence-corrected chi connectivity index (χ3v) is 14.1. The number of H-pyrrole nitrogens is 1. The summed E-state index contributed by atoms with van der Waals surface area (Å²) in [5, 5.41) is 41.6. The van der Waals surface area contributed by atoms with Crippen molar-refractivity contribution >= 4 is 58.2 Å². The third kappa shape index (κ3) is 17.9. The van der Waals surface area contributed by atoms with E-state index in [9.17, 15) is 39.0 Å². The minimum Gasteiger partial charge on any atom is -0.508 e. The summed E-state index contributed by atoms with van der Waals surface area (Å²) in [6, 6.07) is 22.5. The smallest absolute Gasteiger partial charge is 0.246 e. The Kier molecular flexibility index (Phi) is 23.1. The number of aromatic nitrogens is 1. The number of rotatable bonds is 18. The molecule has 6 rings (SSSR count). The Morgan fingerprint density at radius 1 is 0.688 bits per heavy atom. The van der Waals surface area contributed by atoms with Crippen molar-refractivity contribution in [1.82, 2.24) is 47.1 Å². The van der Waals surface area contributed by atoms with Gasteiger partial charge in [0.1, 0.15) is 42.0 Å². The van der Waals surface area contributed by atoms with Gasteiger partial charge in [0, 0.05) is 62.4 Å². The molecule has 5 aromatic rings. The van der Waals surface area contributed by atoms with Gasteiger partial charge in [-0.25, -0.2) is 0 Å². The molecule has 1 saturated heterocycles. The summed E-state index contributed by atoms with van der Waals surface area (Å²) in [7, 11) is 0. The molecular weight excluding hydrogens is 1020 g/mol. The normalized spacial score (nSPS) is 20.8. The van der Waals surface area contributed by atoms with Gasteiger partial charge in [-0.3, -0.25) is 38.4 Å². The standard InChI is InChI=1S/C59H77N11O10/c1-36(2)51-59(80)70(49(33-39-17-8-5-9-18-39)58(79)69-52(37(3)71)53(61)74)30-14-22-50(73)63-29-28-62-46(31-38-15-6-4-7-16-38)55(76)66-47(32-40-23-25-42(72)26-24-40)56(77)67-48(34-41-35-64-44-20-11-10-19-43(41)44)57(78)65-45(54(75)68-51)21-12-13-27-60/h4-11,15-20,23-26,35-37,45-49,51-52,62,64,71-72H,12-14,21-22,27-34,60H2,1-3H3,(H2,61,74)(H,63,73)(H,65,78)(H,66,76)(H,67,77)(H,68,75)(H,69,79)/t37-,45+,46+,47+,48-,49+,51+,52+/m1/s1. The number of aliphatic hydroxyl groups excluding tert-OH is 1. The maximum Gasteiger partial charge on any atom is 0.246 e. The largest absolute Gasteiger partial charge is 0.508 e. The van der Waals surface area contributed by atoms with Gasteiger partial charge < -0.3 is 68.8 Å². The quantitative estimate of drug-likeness (QED) is 0.0553. The Labute approximate surface area is 466 Å². The Bertz CT molecular complexity index is 2870. The highest BCUT2D eigenvalue weighted by Crippen LogP contribution is 2.22. The molecule has 0 saturated carbocycles. The lowest BCUT2D eigenvalue weighted by molar-refractivity contribution is -0.145. The van der Waals surface area contributed by atoms with Crippen LogP contribution in [0.5, 0.6) is 5.75 Å². The van der Waals surface area contributed by atoms with E-state index >= 15 is 9.59 Å². The zero-order valence-electron chi connectivity index (χ0n) is 45.6. The van der Waals surface area contributed by atoms with Crippen LogP contribution in [0.2, 0.25) is 0 Å². The molecule has 80 heavy (non-hydrogen) atoms. The summed E-state index contributed by atoms with van der Waals surface area (Å²) in [4.78, 5) is 120. The van der Waals surface area contributed by atoms with E-state index in [0.717, 1.165) is 16.5 Å². The average molecular weight is 1100 g/mol. The van der Waals surface area contributed by atoms with Crippen molar-refractivity contribution in [3.05, 3.63) is 138 Å². The van der Waals surface area contributed by atoms with Crippen LogP contribution in [0, 0.1) is 5.92 Å². The van der Waals surface area contributed by atoms with E-state index in [-0.39, 0.29) is 76.9 Å². The fraction of sp³-hybridized carbons (Fsp3) is 0.424. The number of nitrogens with zero attached hydrogens (tertiary/aromatic N) is 1. The summed E-state index contributed by atoms with van der Waals surface area (Å²) >= 11 is 0. The predicted octanol–water partition coefficient (Wildman–Crippen LogP) is 1.28. The Morgan fingerprint density at radius 3 is 1.90 bits per heavy atom. The second-order valence-electron chi connectivity index (χ2n) is 20.6. The number of carbonyl (C=O) groups is 8. The highest BCUT2D eigenvalue weighted by Gasteiger charge is 2.39. The highest BCUT2D eigenvalue weighted by atomic mass is 16.3. The lowest BCUT2D eigenvalue weighted by Crippen LogP contribution is -2.62. The van der Waals surface area contributed by atoms with Crippen molar-refractivity contribution in [2.45, 2.75) is 127 Å². The number of nitrogens with two attached hydrogens (primary N) is 2. The molecule has 1 aliphatic rings. The summed E-state index contributed by atoms with van der Waals surface area (Å²) < 4.78 is 0. The van der Waals surface area contributed by atoms with E-state index < -0.39 is 102 Å². The number of primary amides is 1. The van der Waals surface area contributed by atoms with Crippen molar-refractivity contribution in [3.8, 4) is 5.75 Å². The molecule has 0 unspecified atom stereocenters. The zero-order chi connectivity index (χ0) is 57.7. The van der Waals surface area contributed by atoms with Gasteiger partial charge in [-0.1, -0.05) is 105 Å². The Morgan fingerprint density at radius 2 is 1.26 bits per heavy atom. The minimum absolute atomic E-state index is 0.00937. The molecule has 1 aliphatic heterocycles. The molecule has 2 heterocycles. The summed E-state index contributed by atoms with van der Waals surface area (Å²) in [6.45, 7) is 4.92. The van der Waals surface area contributed by atoms with Gasteiger partial charge in [-0.2, -0.15) is 0 Å². The van der Waals surface area contributed by atoms with Crippen LogP contribution in [-0.2, 0) is 64.0 Å². The molecule has 1 fully saturated rings. The number of phenolic OH excluding ortho intramolecular Hbond substituents is 1. The van der Waals surface area contributed by atoms with E-state index in [0.29, 0.717) is 29.5 Å². The molecule has 1 aromatic heterocycles. The van der Waals surface area contributed by atoms with Crippen molar-refractivity contribution in [2.75, 3.05) is 26.2 Å². The zero-order valence-corrected chi connectivity index (χ0v) is 45.6. The van der Waals surface area contributed by atoms with E-state index in [4.69, 9.17) is 11.5 Å². The first-order chi connectivity index (χ1) is 38.4. The molecule has 0 spiro atoms. The van der Waals surface area contributed by atoms with Crippen LogP contribution in [-0.4, -0.2) is 142 Å². The topological polar surface area (TPSA) is 332 Å². The molecule has 21 nitrogen and oxygen atoms in total. The lowest BCUT2D eigenvalue weighted by atomic mass is 9.97.